The largest absolute Gasteiger partial charge is 0.495 e. The first-order chi connectivity index (χ1) is 10.1. The van der Waals surface area contributed by atoms with E-state index in [1.54, 1.807) is 19.2 Å². The van der Waals surface area contributed by atoms with Crippen molar-refractivity contribution in [2.45, 2.75) is 0 Å². The minimum Gasteiger partial charge on any atom is -0.495 e. The average molecular weight is 365 g/mol. The Morgan fingerprint density at radius 1 is 1.27 bits per heavy atom. The molecule has 0 radical (unpaired) electrons. The number of nitrogen functional groups attached to an aromatic ring is 1. The second-order valence-corrected chi connectivity index (χ2v) is 5.28. The predicted octanol–water partition coefficient (Wildman–Crippen LogP) is 3.95. The molecule has 5 nitrogen and oxygen atoms in total. The van der Waals surface area contributed by atoms with Crippen LogP contribution in [0.5, 0.6) is 5.75 Å². The van der Waals surface area contributed by atoms with Crippen molar-refractivity contribution in [1.29, 1.82) is 0 Å². The van der Waals surface area contributed by atoms with E-state index in [1.807, 2.05) is 0 Å². The van der Waals surface area contributed by atoms with Crippen LogP contribution >= 0.6 is 15.9 Å². The number of halogens is 2. The van der Waals surface area contributed by atoms with Gasteiger partial charge in [0.15, 0.2) is 0 Å². The first-order valence-corrected chi connectivity index (χ1v) is 6.93. The molecule has 22 heavy (non-hydrogen) atoms. The summed E-state index contributed by atoms with van der Waals surface area (Å²) in [5.41, 5.74) is 7.76. The Morgan fingerprint density at radius 3 is 2.73 bits per heavy atom. The lowest BCUT2D eigenvalue weighted by Crippen LogP contribution is -1.98. The zero-order valence-electron chi connectivity index (χ0n) is 11.8. The lowest BCUT2D eigenvalue weighted by atomic mass is 10.0. The fraction of sp³-hybridized carbons (Fsp3) is 0.0667. The minimum atomic E-state index is -0.427. The number of anilines is 1. The van der Waals surface area contributed by atoms with Crippen LogP contribution in [0.1, 0.15) is 0 Å². The third-order valence-corrected chi connectivity index (χ3v) is 3.79. The molecule has 3 rings (SSSR count). The van der Waals surface area contributed by atoms with Crippen molar-refractivity contribution in [3.63, 3.8) is 0 Å². The average Bonchev–Trinajstić information content (AvgIpc) is 2.48. The van der Waals surface area contributed by atoms with Gasteiger partial charge in [-0.05, 0) is 34.1 Å². The maximum absolute atomic E-state index is 14.1. The number of pyridine rings is 2. The molecule has 0 unspecified atom stereocenters. The summed E-state index contributed by atoms with van der Waals surface area (Å²) in [6.45, 7) is 0. The van der Waals surface area contributed by atoms with Gasteiger partial charge in [-0.15, -0.1) is 0 Å². The van der Waals surface area contributed by atoms with Crippen molar-refractivity contribution in [2.24, 2.45) is 0 Å². The van der Waals surface area contributed by atoms with Crippen LogP contribution in [0, 0.1) is 5.82 Å². The highest BCUT2D eigenvalue weighted by molar-refractivity contribution is 9.10. The minimum absolute atomic E-state index is 0. The number of aromatic nitrogens is 2. The Balaban J connectivity index is 0.00000176. The lowest BCUT2D eigenvalue weighted by molar-refractivity contribution is 0.412. The topological polar surface area (TPSA) is 96.0 Å². The summed E-state index contributed by atoms with van der Waals surface area (Å²) in [5.74, 6) is 0.218. The summed E-state index contributed by atoms with van der Waals surface area (Å²) in [7, 11) is 1.57. The number of benzene rings is 1. The summed E-state index contributed by atoms with van der Waals surface area (Å²) >= 11 is 3.42. The molecular weight excluding hydrogens is 351 g/mol. The number of nitrogens with zero attached hydrogens (tertiary/aromatic N) is 2. The van der Waals surface area contributed by atoms with E-state index >= 15 is 0 Å². The highest BCUT2D eigenvalue weighted by Gasteiger charge is 2.16. The summed E-state index contributed by atoms with van der Waals surface area (Å²) in [4.78, 5) is 8.37. The molecule has 2 aromatic heterocycles. The van der Waals surface area contributed by atoms with E-state index in [2.05, 4.69) is 25.9 Å². The number of methoxy groups -OCH3 is 1. The Bertz CT molecular complexity index is 841. The molecule has 0 spiro atoms. The fourth-order valence-electron chi connectivity index (χ4n) is 2.20. The summed E-state index contributed by atoms with van der Waals surface area (Å²) in [5, 5.41) is 0.709. The van der Waals surface area contributed by atoms with Gasteiger partial charge in [-0.1, -0.05) is 0 Å². The van der Waals surface area contributed by atoms with Crippen molar-refractivity contribution >= 4 is 32.5 Å². The molecule has 0 aliphatic rings. The highest BCUT2D eigenvalue weighted by Crippen LogP contribution is 2.37. The van der Waals surface area contributed by atoms with Crippen LogP contribution in [-0.2, 0) is 0 Å². The summed E-state index contributed by atoms with van der Waals surface area (Å²) in [6, 6.07) is 6.47. The second kappa shape index (κ2) is 6.25. The molecule has 0 saturated heterocycles. The van der Waals surface area contributed by atoms with Gasteiger partial charge in [0.2, 0.25) is 0 Å². The lowest BCUT2D eigenvalue weighted by Gasteiger charge is -2.12. The highest BCUT2D eigenvalue weighted by atomic mass is 79.9. The SMILES string of the molecule is COc1cc2ncc(N)c(-c3ncccc3F)c2cc1Br.N. The Labute approximate surface area is 135 Å². The van der Waals surface area contributed by atoms with Crippen LogP contribution in [0.25, 0.3) is 22.2 Å². The van der Waals surface area contributed by atoms with Crippen LogP contribution in [-0.4, -0.2) is 17.1 Å². The standard InChI is InChI=1S/C15H11BrFN3O.H3N/c1-21-13-6-12-8(5-9(13)16)14(11(18)7-20-12)15-10(17)3-2-4-19-15;/h2-7H,18H2,1H3;1H3. The van der Waals surface area contributed by atoms with Gasteiger partial charge in [0.25, 0.3) is 0 Å². The summed E-state index contributed by atoms with van der Waals surface area (Å²) < 4.78 is 20.0. The van der Waals surface area contributed by atoms with E-state index in [4.69, 9.17) is 10.5 Å². The number of fused-ring (bicyclic) bond motifs is 1. The van der Waals surface area contributed by atoms with Gasteiger partial charge in [0, 0.05) is 23.2 Å². The third-order valence-electron chi connectivity index (χ3n) is 3.17. The van der Waals surface area contributed by atoms with Crippen LogP contribution in [0.2, 0.25) is 0 Å². The van der Waals surface area contributed by atoms with E-state index in [-0.39, 0.29) is 11.8 Å². The van der Waals surface area contributed by atoms with E-state index in [0.717, 1.165) is 4.47 Å². The quantitative estimate of drug-likeness (QED) is 0.717. The number of rotatable bonds is 2. The molecule has 1 aromatic carbocycles. The molecule has 0 amide bonds. The van der Waals surface area contributed by atoms with Crippen molar-refractivity contribution < 1.29 is 9.13 Å². The molecule has 0 aliphatic carbocycles. The Hall–Kier alpha value is -2.25. The summed E-state index contributed by atoms with van der Waals surface area (Å²) in [6.07, 6.45) is 3.03. The maximum Gasteiger partial charge on any atom is 0.149 e. The van der Waals surface area contributed by atoms with Crippen molar-refractivity contribution in [3.8, 4) is 17.0 Å². The molecule has 0 atom stereocenters. The zero-order valence-corrected chi connectivity index (χ0v) is 13.4. The molecule has 0 saturated carbocycles. The van der Waals surface area contributed by atoms with Crippen LogP contribution < -0.4 is 16.6 Å². The Morgan fingerprint density at radius 2 is 2.05 bits per heavy atom. The molecule has 3 aromatic rings. The first kappa shape index (κ1) is 16.1. The zero-order chi connectivity index (χ0) is 15.0. The molecular formula is C15H14BrFN4O. The number of hydrogen-bond acceptors (Lipinski definition) is 5. The van der Waals surface area contributed by atoms with Gasteiger partial charge >= 0.3 is 0 Å². The van der Waals surface area contributed by atoms with Crippen molar-refractivity contribution in [3.05, 3.63) is 46.9 Å². The fourth-order valence-corrected chi connectivity index (χ4v) is 2.70. The molecule has 2 heterocycles. The van der Waals surface area contributed by atoms with E-state index < -0.39 is 5.82 Å². The van der Waals surface area contributed by atoms with Gasteiger partial charge in [0.05, 0.1) is 29.0 Å². The van der Waals surface area contributed by atoms with E-state index in [9.17, 15) is 4.39 Å². The van der Waals surface area contributed by atoms with Crippen LogP contribution in [0.3, 0.4) is 0 Å². The number of hydrogen-bond donors (Lipinski definition) is 2. The maximum atomic E-state index is 14.1. The monoisotopic (exact) mass is 364 g/mol. The second-order valence-electron chi connectivity index (χ2n) is 4.43. The molecule has 114 valence electrons. The predicted molar refractivity (Wildman–Crippen MR) is 88.6 cm³/mol. The van der Waals surface area contributed by atoms with Crippen molar-refractivity contribution in [1.82, 2.24) is 16.1 Å². The number of nitrogens with two attached hydrogens (primary N) is 1. The first-order valence-electron chi connectivity index (χ1n) is 6.14. The molecule has 0 aliphatic heterocycles. The third kappa shape index (κ3) is 2.60. The Kier molecular flexibility index (Phi) is 4.58. The normalized spacial score (nSPS) is 10.3. The molecule has 0 fully saturated rings. The van der Waals surface area contributed by atoms with Crippen LogP contribution in [0.15, 0.2) is 41.1 Å². The molecule has 5 N–H and O–H groups in total. The van der Waals surface area contributed by atoms with E-state index in [1.165, 1.54) is 24.5 Å². The van der Waals surface area contributed by atoms with Crippen molar-refractivity contribution in [2.75, 3.05) is 12.8 Å². The number of ether oxygens (including phenoxy) is 1. The van der Waals surface area contributed by atoms with Gasteiger partial charge < -0.3 is 16.6 Å². The smallest absolute Gasteiger partial charge is 0.149 e. The molecule has 0 bridgehead atoms. The van der Waals surface area contributed by atoms with Crippen LogP contribution in [0.4, 0.5) is 10.1 Å². The van der Waals surface area contributed by atoms with Gasteiger partial charge in [0.1, 0.15) is 17.3 Å². The molecule has 7 heteroatoms. The van der Waals surface area contributed by atoms with Gasteiger partial charge in [-0.25, -0.2) is 4.39 Å². The van der Waals surface area contributed by atoms with Gasteiger partial charge in [-0.2, -0.15) is 0 Å². The van der Waals surface area contributed by atoms with E-state index in [0.29, 0.717) is 27.9 Å². The van der Waals surface area contributed by atoms with Gasteiger partial charge in [-0.3, -0.25) is 9.97 Å².